The molecule has 0 aromatic heterocycles. The zero-order chi connectivity index (χ0) is 16.2. The van der Waals surface area contributed by atoms with Crippen molar-refractivity contribution in [1.29, 1.82) is 0 Å². The van der Waals surface area contributed by atoms with Crippen LogP contribution in [0, 0.1) is 0 Å². The van der Waals surface area contributed by atoms with E-state index in [0.29, 0.717) is 18.6 Å². The molecule has 0 radical (unpaired) electrons. The molecule has 1 aromatic rings. The lowest BCUT2D eigenvalue weighted by Crippen LogP contribution is -2.43. The Morgan fingerprint density at radius 2 is 1.91 bits per heavy atom. The Hall–Kier alpha value is -1.88. The number of piperidine rings is 1. The van der Waals surface area contributed by atoms with Gasteiger partial charge in [-0.15, -0.1) is 0 Å². The summed E-state index contributed by atoms with van der Waals surface area (Å²) in [7, 11) is 2.16. The quantitative estimate of drug-likeness (QED) is 0.594. The van der Waals surface area contributed by atoms with Gasteiger partial charge in [0.1, 0.15) is 18.6 Å². The number of nitrogens with zero attached hydrogens (tertiary/aromatic N) is 1. The van der Waals surface area contributed by atoms with E-state index in [2.05, 4.69) is 11.9 Å². The molecule has 0 N–H and O–H groups in total. The van der Waals surface area contributed by atoms with E-state index in [9.17, 15) is 9.59 Å². The molecule has 5 nitrogen and oxygen atoms in total. The lowest BCUT2D eigenvalue weighted by atomic mass is 9.98. The van der Waals surface area contributed by atoms with E-state index in [1.54, 1.807) is 0 Å². The minimum Gasteiger partial charge on any atom is -0.467 e. The second kappa shape index (κ2) is 7.13. The summed E-state index contributed by atoms with van der Waals surface area (Å²) in [4.78, 5) is 25.5. The summed E-state index contributed by atoms with van der Waals surface area (Å²) in [6, 6.07) is 10.4. The highest BCUT2D eigenvalue weighted by atomic mass is 16.6. The molecule has 2 aliphatic heterocycles. The summed E-state index contributed by atoms with van der Waals surface area (Å²) < 4.78 is 10.6. The van der Waals surface area contributed by atoms with Gasteiger partial charge in [0, 0.05) is 12.1 Å². The molecule has 5 heteroatoms. The van der Waals surface area contributed by atoms with Crippen LogP contribution < -0.4 is 0 Å². The zero-order valence-corrected chi connectivity index (χ0v) is 13.4. The first kappa shape index (κ1) is 16.0. The van der Waals surface area contributed by atoms with Crippen molar-refractivity contribution in [2.75, 3.05) is 13.7 Å². The molecule has 2 bridgehead atoms. The number of benzene rings is 1. The average Bonchev–Trinajstić information content (AvgIpc) is 2.77. The zero-order valence-electron chi connectivity index (χ0n) is 13.4. The number of carbonyl (C=O) groups excluding carboxylic acids is 2. The summed E-state index contributed by atoms with van der Waals surface area (Å²) in [5.41, 5.74) is 0.815. The lowest BCUT2D eigenvalue weighted by molar-refractivity contribution is -0.156. The maximum Gasteiger partial charge on any atom is 0.317 e. The third kappa shape index (κ3) is 3.55. The van der Waals surface area contributed by atoms with Gasteiger partial charge in [0.15, 0.2) is 0 Å². The SMILES string of the molecule is CN1[C@@H]2CC[C@H]1CC(OC(=O)C(COC=O)c1ccccc1)C2. The van der Waals surface area contributed by atoms with E-state index in [-0.39, 0.29) is 18.7 Å². The van der Waals surface area contributed by atoms with Crippen molar-refractivity contribution in [3.05, 3.63) is 35.9 Å². The molecule has 0 spiro atoms. The monoisotopic (exact) mass is 317 g/mol. The Labute approximate surface area is 136 Å². The van der Waals surface area contributed by atoms with Gasteiger partial charge >= 0.3 is 5.97 Å². The van der Waals surface area contributed by atoms with Crippen molar-refractivity contribution in [2.24, 2.45) is 0 Å². The second-order valence-electron chi connectivity index (χ2n) is 6.47. The van der Waals surface area contributed by atoms with Gasteiger partial charge in [-0.2, -0.15) is 0 Å². The van der Waals surface area contributed by atoms with Gasteiger partial charge in [-0.25, -0.2) is 0 Å². The lowest BCUT2D eigenvalue weighted by Gasteiger charge is -2.36. The average molecular weight is 317 g/mol. The molecule has 4 atom stereocenters. The number of hydrogen-bond donors (Lipinski definition) is 0. The fourth-order valence-corrected chi connectivity index (χ4v) is 3.83. The third-order valence-corrected chi connectivity index (χ3v) is 5.16. The first-order chi connectivity index (χ1) is 11.2. The molecule has 2 heterocycles. The summed E-state index contributed by atoms with van der Waals surface area (Å²) >= 11 is 0. The van der Waals surface area contributed by atoms with Crippen LogP contribution in [-0.4, -0.2) is 49.2 Å². The standard InChI is InChI=1S/C18H23NO4/c1-19-14-7-8-15(19)10-16(9-14)23-18(21)17(11-22-12-20)13-5-3-2-4-6-13/h2-6,12,14-17H,7-11H2,1H3/t14-,15+,16?,17?. The Balaban J connectivity index is 1.65. The second-order valence-corrected chi connectivity index (χ2v) is 6.47. The highest BCUT2D eigenvalue weighted by Gasteiger charge is 2.40. The fraction of sp³-hybridized carbons (Fsp3) is 0.556. The number of rotatable bonds is 6. The summed E-state index contributed by atoms with van der Waals surface area (Å²) in [5, 5.41) is 0. The van der Waals surface area contributed by atoms with E-state index < -0.39 is 5.92 Å². The molecule has 2 aliphatic rings. The number of fused-ring (bicyclic) bond motifs is 2. The van der Waals surface area contributed by atoms with E-state index in [1.807, 2.05) is 30.3 Å². The maximum atomic E-state index is 12.6. The first-order valence-electron chi connectivity index (χ1n) is 8.21. The molecule has 124 valence electrons. The van der Waals surface area contributed by atoms with Gasteiger partial charge in [-0.05, 0) is 38.3 Å². The number of carbonyl (C=O) groups is 2. The molecular formula is C18H23NO4. The van der Waals surface area contributed by atoms with Crippen molar-refractivity contribution in [1.82, 2.24) is 4.90 Å². The third-order valence-electron chi connectivity index (χ3n) is 5.16. The van der Waals surface area contributed by atoms with Gasteiger partial charge in [0.2, 0.25) is 0 Å². The first-order valence-corrected chi connectivity index (χ1v) is 8.21. The van der Waals surface area contributed by atoms with Crippen LogP contribution in [0.4, 0.5) is 0 Å². The van der Waals surface area contributed by atoms with Crippen molar-refractivity contribution in [2.45, 2.75) is 49.8 Å². The van der Waals surface area contributed by atoms with Crippen molar-refractivity contribution < 1.29 is 19.1 Å². The Morgan fingerprint density at radius 3 is 2.52 bits per heavy atom. The topological polar surface area (TPSA) is 55.8 Å². The number of esters is 1. The molecule has 2 fully saturated rings. The molecule has 2 unspecified atom stereocenters. The molecule has 0 amide bonds. The van der Waals surface area contributed by atoms with Crippen LogP contribution in [0.2, 0.25) is 0 Å². The van der Waals surface area contributed by atoms with Gasteiger partial charge in [-0.3, -0.25) is 9.59 Å². The Kier molecular flexibility index (Phi) is 4.96. The minimum absolute atomic E-state index is 0.0197. The molecule has 3 rings (SSSR count). The largest absolute Gasteiger partial charge is 0.467 e. The summed E-state index contributed by atoms with van der Waals surface area (Å²) in [5.74, 6) is -0.856. The van der Waals surface area contributed by atoms with Crippen LogP contribution in [0.25, 0.3) is 0 Å². The van der Waals surface area contributed by atoms with E-state index in [0.717, 1.165) is 18.4 Å². The predicted octanol–water partition coefficient (Wildman–Crippen LogP) is 2.11. The Bertz CT molecular complexity index is 533. The fourth-order valence-electron chi connectivity index (χ4n) is 3.83. The van der Waals surface area contributed by atoms with Crippen molar-refractivity contribution in [3.8, 4) is 0 Å². The summed E-state index contributed by atoms with van der Waals surface area (Å²) in [6.45, 7) is 0.394. The number of ether oxygens (including phenoxy) is 2. The van der Waals surface area contributed by atoms with E-state index in [1.165, 1.54) is 12.8 Å². The number of hydrogen-bond acceptors (Lipinski definition) is 5. The van der Waals surface area contributed by atoms with E-state index >= 15 is 0 Å². The predicted molar refractivity (Wildman–Crippen MR) is 84.9 cm³/mol. The van der Waals surface area contributed by atoms with Gasteiger partial charge in [0.25, 0.3) is 6.47 Å². The van der Waals surface area contributed by atoms with Crippen LogP contribution in [0.5, 0.6) is 0 Å². The molecule has 0 saturated carbocycles. The highest BCUT2D eigenvalue weighted by molar-refractivity contribution is 5.78. The smallest absolute Gasteiger partial charge is 0.317 e. The maximum absolute atomic E-state index is 12.6. The van der Waals surface area contributed by atoms with Crippen molar-refractivity contribution in [3.63, 3.8) is 0 Å². The molecule has 1 aromatic carbocycles. The molecule has 2 saturated heterocycles. The van der Waals surface area contributed by atoms with Crippen LogP contribution >= 0.6 is 0 Å². The molecular weight excluding hydrogens is 294 g/mol. The summed E-state index contributed by atoms with van der Waals surface area (Å²) in [6.07, 6.45) is 4.14. The normalized spacial score (nSPS) is 28.1. The van der Waals surface area contributed by atoms with Crippen LogP contribution in [0.15, 0.2) is 30.3 Å². The van der Waals surface area contributed by atoms with Crippen LogP contribution in [-0.2, 0) is 19.1 Å². The van der Waals surface area contributed by atoms with E-state index in [4.69, 9.17) is 9.47 Å². The minimum atomic E-state index is -0.557. The highest BCUT2D eigenvalue weighted by Crippen LogP contribution is 2.36. The molecule has 0 aliphatic carbocycles. The van der Waals surface area contributed by atoms with Gasteiger partial charge < -0.3 is 14.4 Å². The molecule has 23 heavy (non-hydrogen) atoms. The van der Waals surface area contributed by atoms with Crippen LogP contribution in [0.3, 0.4) is 0 Å². The van der Waals surface area contributed by atoms with Gasteiger partial charge in [0.05, 0.1) is 0 Å². The Morgan fingerprint density at radius 1 is 1.26 bits per heavy atom. The van der Waals surface area contributed by atoms with Crippen molar-refractivity contribution >= 4 is 12.4 Å². The van der Waals surface area contributed by atoms with Crippen LogP contribution in [0.1, 0.15) is 37.2 Å². The van der Waals surface area contributed by atoms with Gasteiger partial charge in [-0.1, -0.05) is 30.3 Å².